The SMILES string of the molecule is CN(C)C(CNC(=O)C(=O)NCc1ccc2c(c1)OCO2)c1ccccc1. The van der Waals surface area contributed by atoms with Crippen molar-refractivity contribution in [3.63, 3.8) is 0 Å². The molecule has 2 N–H and O–H groups in total. The fourth-order valence-corrected chi connectivity index (χ4v) is 2.86. The number of hydrogen-bond acceptors (Lipinski definition) is 5. The van der Waals surface area contributed by atoms with Gasteiger partial charge in [0, 0.05) is 13.1 Å². The summed E-state index contributed by atoms with van der Waals surface area (Å²) < 4.78 is 10.6. The van der Waals surface area contributed by atoms with E-state index in [2.05, 4.69) is 10.6 Å². The van der Waals surface area contributed by atoms with E-state index in [1.807, 2.05) is 55.4 Å². The Balaban J connectivity index is 1.50. The van der Waals surface area contributed by atoms with E-state index >= 15 is 0 Å². The smallest absolute Gasteiger partial charge is 0.309 e. The minimum atomic E-state index is -0.668. The van der Waals surface area contributed by atoms with Crippen LogP contribution in [-0.2, 0) is 16.1 Å². The topological polar surface area (TPSA) is 79.9 Å². The third-order valence-corrected chi connectivity index (χ3v) is 4.36. The summed E-state index contributed by atoms with van der Waals surface area (Å²) in [6.07, 6.45) is 0. The fraction of sp³-hybridized carbons (Fsp3) is 0.300. The van der Waals surface area contributed by atoms with Gasteiger partial charge in [-0.1, -0.05) is 36.4 Å². The van der Waals surface area contributed by atoms with Crippen LogP contribution >= 0.6 is 0 Å². The number of nitrogens with one attached hydrogen (secondary N) is 2. The second-order valence-electron chi connectivity index (χ2n) is 6.47. The van der Waals surface area contributed by atoms with Crippen LogP contribution in [0.5, 0.6) is 11.5 Å². The Bertz CT molecular complexity index is 808. The molecule has 0 radical (unpaired) electrons. The molecule has 1 aliphatic heterocycles. The first-order chi connectivity index (χ1) is 13.0. The number of nitrogens with zero attached hydrogens (tertiary/aromatic N) is 1. The molecule has 2 aromatic carbocycles. The first-order valence-corrected chi connectivity index (χ1v) is 8.70. The number of rotatable bonds is 6. The van der Waals surface area contributed by atoms with Gasteiger partial charge in [0.05, 0.1) is 6.04 Å². The zero-order valence-corrected chi connectivity index (χ0v) is 15.4. The minimum Gasteiger partial charge on any atom is -0.454 e. The van der Waals surface area contributed by atoms with Gasteiger partial charge in [0.15, 0.2) is 11.5 Å². The van der Waals surface area contributed by atoms with E-state index in [1.165, 1.54) is 0 Å². The maximum atomic E-state index is 12.1. The maximum absolute atomic E-state index is 12.1. The number of likely N-dealkylation sites (N-methyl/N-ethyl adjacent to an activating group) is 1. The number of fused-ring (bicyclic) bond motifs is 1. The molecule has 0 saturated heterocycles. The average molecular weight is 369 g/mol. The molecule has 1 atom stereocenters. The molecule has 0 spiro atoms. The molecule has 27 heavy (non-hydrogen) atoms. The largest absolute Gasteiger partial charge is 0.454 e. The Morgan fingerprint density at radius 1 is 1.00 bits per heavy atom. The number of hydrogen-bond donors (Lipinski definition) is 2. The molecule has 0 aliphatic carbocycles. The molecule has 1 aliphatic rings. The number of benzene rings is 2. The molecule has 0 bridgehead atoms. The Labute approximate surface area is 158 Å². The zero-order valence-electron chi connectivity index (χ0n) is 15.4. The van der Waals surface area contributed by atoms with Crippen LogP contribution in [0.1, 0.15) is 17.2 Å². The number of carbonyl (C=O) groups is 2. The van der Waals surface area contributed by atoms with E-state index in [1.54, 1.807) is 12.1 Å². The maximum Gasteiger partial charge on any atom is 0.309 e. The Morgan fingerprint density at radius 2 is 1.70 bits per heavy atom. The summed E-state index contributed by atoms with van der Waals surface area (Å²) in [7, 11) is 3.87. The van der Waals surface area contributed by atoms with Gasteiger partial charge >= 0.3 is 11.8 Å². The number of carbonyl (C=O) groups excluding carboxylic acids is 2. The van der Waals surface area contributed by atoms with Crippen LogP contribution in [-0.4, -0.2) is 44.1 Å². The Morgan fingerprint density at radius 3 is 2.44 bits per heavy atom. The van der Waals surface area contributed by atoms with Gasteiger partial charge in [-0.15, -0.1) is 0 Å². The van der Waals surface area contributed by atoms with Gasteiger partial charge in [0.2, 0.25) is 6.79 Å². The summed E-state index contributed by atoms with van der Waals surface area (Å²) in [6, 6.07) is 15.2. The first-order valence-electron chi connectivity index (χ1n) is 8.70. The molecule has 0 saturated carbocycles. The summed E-state index contributed by atoms with van der Waals surface area (Å²) in [6.45, 7) is 0.772. The van der Waals surface area contributed by atoms with E-state index in [-0.39, 0.29) is 19.4 Å². The molecule has 1 unspecified atom stereocenters. The molecule has 142 valence electrons. The van der Waals surface area contributed by atoms with Crippen LogP contribution in [0.4, 0.5) is 0 Å². The van der Waals surface area contributed by atoms with Crippen molar-refractivity contribution in [2.24, 2.45) is 0 Å². The lowest BCUT2D eigenvalue weighted by molar-refractivity contribution is -0.139. The van der Waals surface area contributed by atoms with Crippen molar-refractivity contribution < 1.29 is 19.1 Å². The van der Waals surface area contributed by atoms with Gasteiger partial charge < -0.3 is 25.0 Å². The molecular weight excluding hydrogens is 346 g/mol. The van der Waals surface area contributed by atoms with Gasteiger partial charge in [-0.3, -0.25) is 9.59 Å². The quantitative estimate of drug-likeness (QED) is 0.754. The summed E-state index contributed by atoms with van der Waals surface area (Å²) >= 11 is 0. The van der Waals surface area contributed by atoms with Crippen molar-refractivity contribution >= 4 is 11.8 Å². The Kier molecular flexibility index (Phi) is 5.93. The van der Waals surface area contributed by atoms with Crippen LogP contribution in [0.2, 0.25) is 0 Å². The summed E-state index contributed by atoms with van der Waals surface area (Å²) in [5.74, 6) is -0.00176. The molecule has 2 aromatic rings. The lowest BCUT2D eigenvalue weighted by atomic mass is 10.1. The van der Waals surface area contributed by atoms with E-state index < -0.39 is 11.8 Å². The van der Waals surface area contributed by atoms with E-state index in [9.17, 15) is 9.59 Å². The highest BCUT2D eigenvalue weighted by Crippen LogP contribution is 2.32. The molecule has 1 heterocycles. The highest BCUT2D eigenvalue weighted by molar-refractivity contribution is 6.35. The van der Waals surface area contributed by atoms with Crippen molar-refractivity contribution in [1.82, 2.24) is 15.5 Å². The molecule has 3 rings (SSSR count). The first kappa shape index (κ1) is 18.7. The fourth-order valence-electron chi connectivity index (χ4n) is 2.86. The monoisotopic (exact) mass is 369 g/mol. The van der Waals surface area contributed by atoms with Crippen molar-refractivity contribution in [3.8, 4) is 11.5 Å². The summed E-state index contributed by atoms with van der Waals surface area (Å²) in [4.78, 5) is 26.2. The van der Waals surface area contributed by atoms with Crippen molar-refractivity contribution in [2.45, 2.75) is 12.6 Å². The van der Waals surface area contributed by atoms with Crippen molar-refractivity contribution in [2.75, 3.05) is 27.4 Å². The molecule has 0 aromatic heterocycles. The third kappa shape index (κ3) is 4.77. The highest BCUT2D eigenvalue weighted by Gasteiger charge is 2.19. The average Bonchev–Trinajstić information content (AvgIpc) is 3.14. The van der Waals surface area contributed by atoms with Crippen LogP contribution < -0.4 is 20.1 Å². The van der Waals surface area contributed by atoms with Crippen LogP contribution in [0.25, 0.3) is 0 Å². The van der Waals surface area contributed by atoms with Gasteiger partial charge in [0.1, 0.15) is 0 Å². The van der Waals surface area contributed by atoms with Gasteiger partial charge in [-0.05, 0) is 37.4 Å². The predicted molar refractivity (Wildman–Crippen MR) is 100 cm³/mol. The second kappa shape index (κ2) is 8.55. The van der Waals surface area contributed by atoms with Gasteiger partial charge in [0.25, 0.3) is 0 Å². The molecular formula is C20H23N3O4. The Hall–Kier alpha value is -3.06. The lowest BCUT2D eigenvalue weighted by Gasteiger charge is -2.25. The zero-order chi connectivity index (χ0) is 19.2. The molecule has 7 heteroatoms. The lowest BCUT2D eigenvalue weighted by Crippen LogP contribution is -2.42. The van der Waals surface area contributed by atoms with E-state index in [4.69, 9.17) is 9.47 Å². The highest BCUT2D eigenvalue weighted by atomic mass is 16.7. The van der Waals surface area contributed by atoms with Crippen LogP contribution in [0.3, 0.4) is 0 Å². The third-order valence-electron chi connectivity index (χ3n) is 4.36. The van der Waals surface area contributed by atoms with Gasteiger partial charge in [-0.2, -0.15) is 0 Å². The summed E-state index contributed by atoms with van der Waals surface area (Å²) in [5, 5.41) is 5.32. The van der Waals surface area contributed by atoms with Gasteiger partial charge in [-0.25, -0.2) is 0 Å². The van der Waals surface area contributed by atoms with Crippen LogP contribution in [0.15, 0.2) is 48.5 Å². The predicted octanol–water partition coefficient (Wildman–Crippen LogP) is 1.45. The second-order valence-corrected chi connectivity index (χ2v) is 6.47. The molecule has 7 nitrogen and oxygen atoms in total. The minimum absolute atomic E-state index is 0.0168. The van der Waals surface area contributed by atoms with Crippen molar-refractivity contribution in [1.29, 1.82) is 0 Å². The number of amides is 2. The standard InChI is InChI=1S/C20H23N3O4/c1-23(2)16(15-6-4-3-5-7-15)12-22-20(25)19(24)21-11-14-8-9-17-18(10-14)27-13-26-17/h3-10,16H,11-13H2,1-2H3,(H,21,24)(H,22,25). The molecule has 2 amide bonds. The van der Waals surface area contributed by atoms with Crippen LogP contribution in [0, 0.1) is 0 Å². The normalized spacial score (nSPS) is 13.3. The summed E-state index contributed by atoms with van der Waals surface area (Å²) in [5.41, 5.74) is 1.90. The van der Waals surface area contributed by atoms with E-state index in [0.29, 0.717) is 18.0 Å². The van der Waals surface area contributed by atoms with Crippen molar-refractivity contribution in [3.05, 3.63) is 59.7 Å². The van der Waals surface area contributed by atoms with E-state index in [0.717, 1.165) is 11.1 Å². The number of ether oxygens (including phenoxy) is 2. The molecule has 0 fully saturated rings.